The highest BCUT2D eigenvalue weighted by atomic mass is 16.5. The van der Waals surface area contributed by atoms with Crippen LogP contribution in [0.5, 0.6) is 5.75 Å². The standard InChI is InChI=1S/C31H40N2O2/c1-6-23-13-10-14-24(7-2)31(23)28-20-30(35-19-18-34-5)27(22(3)32-28)21-33(4)29-17-11-15-25-12-8-9-16-26(25)29/h8-10,12-14,16,20,29H,6-7,11,15,17-19,21H2,1-5H3/t29-/m0/s1. The molecule has 1 aliphatic carbocycles. The van der Waals surface area contributed by atoms with Gasteiger partial charge in [0.2, 0.25) is 0 Å². The van der Waals surface area contributed by atoms with Crippen molar-refractivity contribution in [3.8, 4) is 17.0 Å². The second-order valence-corrected chi connectivity index (χ2v) is 9.59. The molecule has 2 aromatic carbocycles. The van der Waals surface area contributed by atoms with Crippen LogP contribution in [-0.2, 0) is 30.5 Å². The number of hydrogen-bond donors (Lipinski definition) is 0. The molecule has 0 spiro atoms. The summed E-state index contributed by atoms with van der Waals surface area (Å²) in [5.41, 5.74) is 10.1. The Balaban J connectivity index is 1.71. The predicted molar refractivity (Wildman–Crippen MR) is 144 cm³/mol. The van der Waals surface area contributed by atoms with Crippen LogP contribution in [0.3, 0.4) is 0 Å². The first-order valence-corrected chi connectivity index (χ1v) is 13.1. The minimum atomic E-state index is 0.415. The fourth-order valence-electron chi connectivity index (χ4n) is 5.47. The van der Waals surface area contributed by atoms with Gasteiger partial charge in [-0.25, -0.2) is 0 Å². The SMILES string of the molecule is CCc1cccc(CC)c1-c1cc(OCCOC)c(CN(C)[C@H]2CCCc3ccccc32)c(C)n1. The molecule has 35 heavy (non-hydrogen) atoms. The molecule has 0 bridgehead atoms. The molecule has 1 atom stereocenters. The summed E-state index contributed by atoms with van der Waals surface area (Å²) in [5, 5.41) is 0. The van der Waals surface area contributed by atoms with Gasteiger partial charge in [-0.1, -0.05) is 56.3 Å². The van der Waals surface area contributed by atoms with Crippen LogP contribution < -0.4 is 4.74 Å². The molecule has 1 aromatic heterocycles. The summed E-state index contributed by atoms with van der Waals surface area (Å²) in [7, 11) is 3.95. The number of methoxy groups -OCH3 is 1. The van der Waals surface area contributed by atoms with Gasteiger partial charge in [-0.15, -0.1) is 0 Å². The molecule has 0 saturated carbocycles. The number of aryl methyl sites for hydroxylation is 4. The number of ether oxygens (including phenoxy) is 2. The first-order chi connectivity index (χ1) is 17.1. The van der Waals surface area contributed by atoms with E-state index in [1.54, 1.807) is 7.11 Å². The Labute approximate surface area is 211 Å². The monoisotopic (exact) mass is 472 g/mol. The van der Waals surface area contributed by atoms with E-state index in [2.05, 4.69) is 81.2 Å². The molecule has 4 nitrogen and oxygen atoms in total. The van der Waals surface area contributed by atoms with E-state index in [1.807, 2.05) is 0 Å². The van der Waals surface area contributed by atoms with E-state index in [0.717, 1.165) is 36.5 Å². The van der Waals surface area contributed by atoms with Gasteiger partial charge in [-0.3, -0.25) is 9.88 Å². The number of fused-ring (bicyclic) bond motifs is 1. The molecule has 0 unspecified atom stereocenters. The lowest BCUT2D eigenvalue weighted by Crippen LogP contribution is -2.28. The van der Waals surface area contributed by atoms with Crippen molar-refractivity contribution < 1.29 is 9.47 Å². The first kappa shape index (κ1) is 25.4. The fraction of sp³-hybridized carbons (Fsp3) is 0.452. The number of benzene rings is 2. The van der Waals surface area contributed by atoms with Gasteiger partial charge >= 0.3 is 0 Å². The zero-order valence-corrected chi connectivity index (χ0v) is 22.1. The lowest BCUT2D eigenvalue weighted by molar-refractivity contribution is 0.144. The number of nitrogens with zero attached hydrogens (tertiary/aromatic N) is 2. The quantitative estimate of drug-likeness (QED) is 0.307. The summed E-state index contributed by atoms with van der Waals surface area (Å²) in [6, 6.07) is 18.1. The molecule has 0 fully saturated rings. The smallest absolute Gasteiger partial charge is 0.127 e. The molecule has 3 aromatic rings. The van der Waals surface area contributed by atoms with E-state index in [0.29, 0.717) is 19.3 Å². The normalized spacial score (nSPS) is 15.3. The van der Waals surface area contributed by atoms with Crippen LogP contribution in [0.15, 0.2) is 48.5 Å². The van der Waals surface area contributed by atoms with Crippen LogP contribution in [0.1, 0.15) is 66.2 Å². The van der Waals surface area contributed by atoms with E-state index in [1.165, 1.54) is 52.6 Å². The van der Waals surface area contributed by atoms with Crippen molar-refractivity contribution in [3.63, 3.8) is 0 Å². The Hall–Kier alpha value is -2.69. The van der Waals surface area contributed by atoms with Crippen molar-refractivity contribution in [2.75, 3.05) is 27.4 Å². The highest BCUT2D eigenvalue weighted by molar-refractivity contribution is 5.70. The minimum absolute atomic E-state index is 0.415. The van der Waals surface area contributed by atoms with E-state index >= 15 is 0 Å². The maximum absolute atomic E-state index is 6.33. The lowest BCUT2D eigenvalue weighted by atomic mass is 9.87. The van der Waals surface area contributed by atoms with Crippen LogP contribution in [0.4, 0.5) is 0 Å². The molecule has 4 heteroatoms. The second kappa shape index (κ2) is 11.8. The van der Waals surface area contributed by atoms with Gasteiger partial charge in [0.25, 0.3) is 0 Å². The summed E-state index contributed by atoms with van der Waals surface area (Å²) in [4.78, 5) is 7.63. The summed E-state index contributed by atoms with van der Waals surface area (Å²) in [6.45, 7) is 8.45. The maximum atomic E-state index is 6.33. The predicted octanol–water partition coefficient (Wildman–Crippen LogP) is 6.72. The van der Waals surface area contributed by atoms with Crippen molar-refractivity contribution in [1.82, 2.24) is 9.88 Å². The molecule has 1 aliphatic rings. The molecule has 186 valence electrons. The van der Waals surface area contributed by atoms with Gasteiger partial charge in [0, 0.05) is 42.6 Å². The zero-order chi connectivity index (χ0) is 24.8. The van der Waals surface area contributed by atoms with E-state index in [9.17, 15) is 0 Å². The van der Waals surface area contributed by atoms with E-state index in [-0.39, 0.29) is 0 Å². The van der Waals surface area contributed by atoms with Gasteiger partial charge in [0.1, 0.15) is 12.4 Å². The number of rotatable bonds is 10. The van der Waals surface area contributed by atoms with Crippen LogP contribution in [0, 0.1) is 6.92 Å². The number of pyridine rings is 1. The molecule has 0 aliphatic heterocycles. The second-order valence-electron chi connectivity index (χ2n) is 9.59. The van der Waals surface area contributed by atoms with Crippen LogP contribution in [0.2, 0.25) is 0 Å². The largest absolute Gasteiger partial charge is 0.491 e. The van der Waals surface area contributed by atoms with E-state index < -0.39 is 0 Å². The highest BCUT2D eigenvalue weighted by Crippen LogP contribution is 2.37. The first-order valence-electron chi connectivity index (χ1n) is 13.1. The van der Waals surface area contributed by atoms with Crippen molar-refractivity contribution in [3.05, 3.63) is 82.0 Å². The molecule has 0 saturated heterocycles. The highest BCUT2D eigenvalue weighted by Gasteiger charge is 2.25. The average molecular weight is 473 g/mol. The molecule has 0 radical (unpaired) electrons. The summed E-state index contributed by atoms with van der Waals surface area (Å²) in [5.74, 6) is 0.924. The average Bonchev–Trinajstić information content (AvgIpc) is 2.89. The van der Waals surface area contributed by atoms with Gasteiger partial charge < -0.3 is 9.47 Å². The lowest BCUT2D eigenvalue weighted by Gasteiger charge is -2.34. The van der Waals surface area contributed by atoms with Gasteiger partial charge in [-0.05, 0) is 68.3 Å². The van der Waals surface area contributed by atoms with Crippen LogP contribution in [0.25, 0.3) is 11.3 Å². The molecule has 4 rings (SSSR count). The Morgan fingerprint density at radius 2 is 1.74 bits per heavy atom. The van der Waals surface area contributed by atoms with Gasteiger partial charge in [0.15, 0.2) is 0 Å². The number of hydrogen-bond acceptors (Lipinski definition) is 4. The van der Waals surface area contributed by atoms with Gasteiger partial charge in [-0.2, -0.15) is 0 Å². The Bertz CT molecular complexity index is 1120. The Morgan fingerprint density at radius 1 is 1.00 bits per heavy atom. The van der Waals surface area contributed by atoms with Crippen LogP contribution in [-0.4, -0.2) is 37.3 Å². The zero-order valence-electron chi connectivity index (χ0n) is 22.1. The van der Waals surface area contributed by atoms with Crippen LogP contribution >= 0.6 is 0 Å². The van der Waals surface area contributed by atoms with Crippen molar-refractivity contribution in [1.29, 1.82) is 0 Å². The van der Waals surface area contributed by atoms with Crippen molar-refractivity contribution in [2.24, 2.45) is 0 Å². The number of aromatic nitrogens is 1. The van der Waals surface area contributed by atoms with E-state index in [4.69, 9.17) is 14.5 Å². The molecular weight excluding hydrogens is 432 g/mol. The third kappa shape index (κ3) is 5.60. The topological polar surface area (TPSA) is 34.6 Å². The Morgan fingerprint density at radius 3 is 2.46 bits per heavy atom. The van der Waals surface area contributed by atoms with Crippen molar-refractivity contribution in [2.45, 2.75) is 65.5 Å². The Kier molecular flexibility index (Phi) is 8.59. The minimum Gasteiger partial charge on any atom is -0.491 e. The third-order valence-electron chi connectivity index (χ3n) is 7.37. The third-order valence-corrected chi connectivity index (χ3v) is 7.37. The summed E-state index contributed by atoms with van der Waals surface area (Å²) >= 11 is 0. The van der Waals surface area contributed by atoms with Crippen molar-refractivity contribution >= 4 is 0 Å². The summed E-state index contributed by atoms with van der Waals surface area (Å²) < 4.78 is 11.6. The molecular formula is C31H40N2O2. The molecule has 1 heterocycles. The molecule has 0 amide bonds. The van der Waals surface area contributed by atoms with Gasteiger partial charge in [0.05, 0.1) is 12.3 Å². The molecule has 0 N–H and O–H groups in total. The summed E-state index contributed by atoms with van der Waals surface area (Å²) in [6.07, 6.45) is 5.55. The maximum Gasteiger partial charge on any atom is 0.127 e. The fourth-order valence-corrected chi connectivity index (χ4v) is 5.47.